The Morgan fingerprint density at radius 2 is 0.800 bits per heavy atom. The van der Waals surface area contributed by atoms with E-state index in [4.69, 9.17) is 0 Å². The molecule has 306 valence electrons. The van der Waals surface area contributed by atoms with E-state index in [1.807, 2.05) is 11.3 Å². The van der Waals surface area contributed by atoms with Gasteiger partial charge in [-0.3, -0.25) is 0 Å². The first-order chi connectivity index (χ1) is 32.0. The maximum absolute atomic E-state index is 2.42. The third-order valence-corrected chi connectivity index (χ3v) is 15.3. The van der Waals surface area contributed by atoms with Crippen LogP contribution in [0.1, 0.15) is 25.0 Å². The summed E-state index contributed by atoms with van der Waals surface area (Å²) >= 11 is 1.89. The number of anilines is 3. The Morgan fingerprint density at radius 1 is 0.308 bits per heavy atom. The summed E-state index contributed by atoms with van der Waals surface area (Å²) in [5.74, 6) is 0. The van der Waals surface area contributed by atoms with E-state index < -0.39 is 0 Å². The van der Waals surface area contributed by atoms with Crippen LogP contribution in [0.5, 0.6) is 0 Å². The molecule has 13 rings (SSSR count). The molecule has 0 amide bonds. The Balaban J connectivity index is 0.901. The maximum atomic E-state index is 2.42. The van der Waals surface area contributed by atoms with Crippen LogP contribution in [0.15, 0.2) is 224 Å². The average molecular weight is 846 g/mol. The van der Waals surface area contributed by atoms with E-state index in [-0.39, 0.29) is 5.41 Å². The van der Waals surface area contributed by atoms with Crippen LogP contribution in [0.4, 0.5) is 17.1 Å². The fourth-order valence-corrected chi connectivity index (χ4v) is 12.0. The number of nitrogens with zero attached hydrogens (tertiary/aromatic N) is 1. The summed E-state index contributed by atoms with van der Waals surface area (Å²) in [6.45, 7) is 4.71. The third kappa shape index (κ3) is 5.98. The summed E-state index contributed by atoms with van der Waals surface area (Å²) in [6, 6.07) is 83.3. The summed E-state index contributed by atoms with van der Waals surface area (Å²) in [4.78, 5) is 2.41. The van der Waals surface area contributed by atoms with Crippen molar-refractivity contribution in [2.45, 2.75) is 19.3 Å². The molecule has 1 aliphatic carbocycles. The van der Waals surface area contributed by atoms with Crippen LogP contribution >= 0.6 is 11.3 Å². The van der Waals surface area contributed by atoms with Gasteiger partial charge in [0.25, 0.3) is 0 Å². The van der Waals surface area contributed by atoms with Gasteiger partial charge in [0.15, 0.2) is 0 Å². The molecule has 11 aromatic carbocycles. The van der Waals surface area contributed by atoms with Gasteiger partial charge in [-0.15, -0.1) is 11.3 Å². The van der Waals surface area contributed by atoms with Gasteiger partial charge >= 0.3 is 0 Å². The van der Waals surface area contributed by atoms with Crippen molar-refractivity contribution in [1.82, 2.24) is 0 Å². The average Bonchev–Trinajstić information content (AvgIpc) is 3.86. The van der Waals surface area contributed by atoms with E-state index in [1.165, 1.54) is 108 Å². The van der Waals surface area contributed by atoms with Crippen LogP contribution in [-0.4, -0.2) is 0 Å². The van der Waals surface area contributed by atoms with E-state index in [0.29, 0.717) is 0 Å². The molecule has 65 heavy (non-hydrogen) atoms. The summed E-state index contributed by atoms with van der Waals surface area (Å²) in [7, 11) is 0. The van der Waals surface area contributed by atoms with Gasteiger partial charge in [-0.2, -0.15) is 0 Å². The molecule has 1 nitrogen and oxygen atoms in total. The second kappa shape index (κ2) is 14.6. The van der Waals surface area contributed by atoms with Crippen LogP contribution in [0, 0.1) is 0 Å². The molecule has 0 bridgehead atoms. The van der Waals surface area contributed by atoms with Gasteiger partial charge in [-0.1, -0.05) is 184 Å². The standard InChI is InChI=1S/C63H43NS/c1-63(2)59-21-10-8-17-53(59)54-36-33-47(39-60(54)63)64(45-29-23-41(24-30-45)40-13-4-3-5-14-40)46-31-25-42(26-32-46)43-27-34-51-52-35-28-44(38-58(52)50-16-7-6-15-49(50)57(51)37-43)48-19-12-20-56-55-18-9-11-22-61(55)65-62(48)56/h3-39H,1-2H3. The van der Waals surface area contributed by atoms with Crippen molar-refractivity contribution in [3.8, 4) is 44.5 Å². The lowest BCUT2D eigenvalue weighted by molar-refractivity contribution is 0.660. The number of hydrogen-bond acceptors (Lipinski definition) is 2. The summed E-state index contributed by atoms with van der Waals surface area (Å²) < 4.78 is 2.68. The Labute approximate surface area is 383 Å². The van der Waals surface area contributed by atoms with E-state index >= 15 is 0 Å². The molecule has 12 aromatic rings. The van der Waals surface area contributed by atoms with E-state index in [0.717, 1.165) is 17.1 Å². The monoisotopic (exact) mass is 845 g/mol. The second-order valence-corrected chi connectivity index (χ2v) is 19.1. The lowest BCUT2D eigenvalue weighted by Crippen LogP contribution is -2.16. The van der Waals surface area contributed by atoms with Gasteiger partial charge in [0.05, 0.1) is 0 Å². The lowest BCUT2D eigenvalue weighted by Gasteiger charge is -2.28. The molecule has 1 aromatic heterocycles. The molecule has 2 heteroatoms. The smallest absolute Gasteiger partial charge is 0.0465 e. The molecular formula is C63H43NS. The Bertz CT molecular complexity index is 3820. The first-order valence-corrected chi connectivity index (χ1v) is 23.4. The van der Waals surface area contributed by atoms with Crippen LogP contribution in [0.3, 0.4) is 0 Å². The topological polar surface area (TPSA) is 3.24 Å². The fourth-order valence-electron chi connectivity index (χ4n) is 10.8. The SMILES string of the molecule is CC1(C)c2ccccc2-c2ccc(N(c3ccc(-c4ccccc4)cc3)c3ccc(-c4ccc5c6ccc(-c7cccc8c7sc7ccccc78)cc6c6ccccc6c5c4)cc3)cc21. The lowest BCUT2D eigenvalue weighted by atomic mass is 9.82. The normalized spacial score (nSPS) is 12.9. The van der Waals surface area contributed by atoms with Gasteiger partial charge in [-0.05, 0) is 143 Å². The highest BCUT2D eigenvalue weighted by Gasteiger charge is 2.35. The summed E-state index contributed by atoms with van der Waals surface area (Å²) in [5.41, 5.74) is 16.1. The second-order valence-electron chi connectivity index (χ2n) is 18.0. The zero-order chi connectivity index (χ0) is 43.2. The minimum atomic E-state index is -0.100. The first-order valence-electron chi connectivity index (χ1n) is 22.6. The van der Waals surface area contributed by atoms with Gasteiger partial charge in [0.2, 0.25) is 0 Å². The van der Waals surface area contributed by atoms with Crippen LogP contribution < -0.4 is 4.90 Å². The van der Waals surface area contributed by atoms with Crippen molar-refractivity contribution in [1.29, 1.82) is 0 Å². The molecule has 0 atom stereocenters. The molecule has 0 saturated carbocycles. The number of thiophene rings is 1. The maximum Gasteiger partial charge on any atom is 0.0465 e. The molecule has 0 saturated heterocycles. The van der Waals surface area contributed by atoms with Gasteiger partial charge in [-0.25, -0.2) is 0 Å². The quantitative estimate of drug-likeness (QED) is 0.151. The number of benzene rings is 11. The predicted molar refractivity (Wildman–Crippen MR) is 280 cm³/mol. The number of rotatable bonds is 6. The zero-order valence-electron chi connectivity index (χ0n) is 36.2. The van der Waals surface area contributed by atoms with Gasteiger partial charge in [0.1, 0.15) is 0 Å². The molecule has 0 N–H and O–H groups in total. The third-order valence-electron chi connectivity index (χ3n) is 14.1. The van der Waals surface area contributed by atoms with E-state index in [1.54, 1.807) is 0 Å². The first kappa shape index (κ1) is 37.7. The number of hydrogen-bond donors (Lipinski definition) is 0. The van der Waals surface area contributed by atoms with Crippen molar-refractivity contribution in [2.24, 2.45) is 0 Å². The zero-order valence-corrected chi connectivity index (χ0v) is 37.0. The highest BCUT2D eigenvalue weighted by Crippen LogP contribution is 2.51. The predicted octanol–water partition coefficient (Wildman–Crippen LogP) is 18.3. The van der Waals surface area contributed by atoms with Crippen LogP contribution in [0.25, 0.3) is 97.0 Å². The number of fused-ring (bicyclic) bond motifs is 12. The van der Waals surface area contributed by atoms with E-state index in [9.17, 15) is 0 Å². The summed E-state index contributed by atoms with van der Waals surface area (Å²) in [5, 5.41) is 10.3. The Morgan fingerprint density at radius 3 is 1.52 bits per heavy atom. The molecule has 0 aliphatic heterocycles. The van der Waals surface area contributed by atoms with Crippen molar-refractivity contribution in [2.75, 3.05) is 4.90 Å². The minimum absolute atomic E-state index is 0.100. The van der Waals surface area contributed by atoms with Crippen LogP contribution in [-0.2, 0) is 5.41 Å². The van der Waals surface area contributed by atoms with Gasteiger partial charge < -0.3 is 4.90 Å². The highest BCUT2D eigenvalue weighted by molar-refractivity contribution is 7.26. The largest absolute Gasteiger partial charge is 0.310 e. The Kier molecular flexibility index (Phi) is 8.50. The van der Waals surface area contributed by atoms with Gasteiger partial charge in [0, 0.05) is 42.6 Å². The fraction of sp³-hybridized carbons (Fsp3) is 0.0476. The summed E-state index contributed by atoms with van der Waals surface area (Å²) in [6.07, 6.45) is 0. The van der Waals surface area contributed by atoms with Crippen LogP contribution in [0.2, 0.25) is 0 Å². The molecule has 0 fully saturated rings. The molecule has 0 unspecified atom stereocenters. The molecule has 1 aliphatic rings. The van der Waals surface area contributed by atoms with Crippen molar-refractivity contribution < 1.29 is 0 Å². The van der Waals surface area contributed by atoms with E-state index in [2.05, 4.69) is 243 Å². The minimum Gasteiger partial charge on any atom is -0.310 e. The molecule has 0 radical (unpaired) electrons. The van der Waals surface area contributed by atoms with Crippen molar-refractivity contribution >= 4 is 80.9 Å². The molecule has 1 heterocycles. The highest BCUT2D eigenvalue weighted by atomic mass is 32.1. The van der Waals surface area contributed by atoms with Crippen molar-refractivity contribution in [3.05, 3.63) is 236 Å². The Hall–Kier alpha value is -7.78. The van der Waals surface area contributed by atoms with Crippen molar-refractivity contribution in [3.63, 3.8) is 0 Å². The molecule has 0 spiro atoms. The molecular weight excluding hydrogens is 803 g/mol.